The molecule has 18 heavy (non-hydrogen) atoms. The lowest BCUT2D eigenvalue weighted by molar-refractivity contribution is 0.302. The zero-order valence-electron chi connectivity index (χ0n) is 9.09. The van der Waals surface area contributed by atoms with Crippen LogP contribution in [0.15, 0.2) is 45.3 Å². The third-order valence-corrected chi connectivity index (χ3v) is 4.00. The van der Waals surface area contributed by atoms with E-state index < -0.39 is 5.82 Å². The average molecular weight is 394 g/mol. The number of hydrogen-bond acceptors (Lipinski definition) is 1. The lowest BCUT2D eigenvalue weighted by Crippen LogP contribution is -1.97. The van der Waals surface area contributed by atoms with Gasteiger partial charge in [0.05, 0.1) is 9.50 Å². The van der Waals surface area contributed by atoms with Crippen LogP contribution in [-0.4, -0.2) is 0 Å². The van der Waals surface area contributed by atoms with Crippen molar-refractivity contribution >= 4 is 43.5 Å². The Balaban J connectivity index is 2.16. The zero-order chi connectivity index (χ0) is 13.1. The number of halogens is 4. The summed E-state index contributed by atoms with van der Waals surface area (Å²) in [4.78, 5) is 0. The summed E-state index contributed by atoms with van der Waals surface area (Å²) in [5.74, 6) is -0.0744. The Morgan fingerprint density at radius 3 is 2.56 bits per heavy atom. The van der Waals surface area contributed by atoms with Crippen molar-refractivity contribution in [2.24, 2.45) is 0 Å². The second-order valence-corrected chi connectivity index (χ2v) is 5.69. The molecule has 2 rings (SSSR count). The Hall–Kier alpha value is -0.580. The standard InChI is InChI=1S/C13H8Br2ClFO/c14-9-4-2-1-3-8(9)7-18-13-6-12(17)11(16)5-10(13)15/h1-6H,7H2. The van der Waals surface area contributed by atoms with Crippen LogP contribution in [0.25, 0.3) is 0 Å². The smallest absolute Gasteiger partial charge is 0.145 e. The maximum absolute atomic E-state index is 13.3. The van der Waals surface area contributed by atoms with Crippen LogP contribution in [0.4, 0.5) is 4.39 Å². The van der Waals surface area contributed by atoms with Crippen molar-refractivity contribution in [1.29, 1.82) is 0 Å². The van der Waals surface area contributed by atoms with Crippen molar-refractivity contribution in [3.8, 4) is 5.75 Å². The molecule has 0 saturated carbocycles. The van der Waals surface area contributed by atoms with Crippen molar-refractivity contribution in [2.45, 2.75) is 6.61 Å². The summed E-state index contributed by atoms with van der Waals surface area (Å²) in [7, 11) is 0. The molecule has 0 spiro atoms. The molecule has 0 unspecified atom stereocenters. The molecule has 2 aromatic rings. The minimum absolute atomic E-state index is 0.0649. The molecule has 0 fully saturated rings. The predicted molar refractivity (Wildman–Crippen MR) is 77.6 cm³/mol. The molecular formula is C13H8Br2ClFO. The Bertz CT molecular complexity index is 575. The summed E-state index contributed by atoms with van der Waals surface area (Å²) in [6.45, 7) is 0.348. The quantitative estimate of drug-likeness (QED) is 0.617. The van der Waals surface area contributed by atoms with Gasteiger partial charge in [0.1, 0.15) is 18.2 Å². The highest BCUT2D eigenvalue weighted by Gasteiger charge is 2.08. The molecule has 0 radical (unpaired) electrons. The van der Waals surface area contributed by atoms with E-state index in [4.69, 9.17) is 16.3 Å². The monoisotopic (exact) mass is 392 g/mol. The van der Waals surface area contributed by atoms with Crippen LogP contribution in [0.5, 0.6) is 5.75 Å². The van der Waals surface area contributed by atoms with Crippen LogP contribution in [0, 0.1) is 5.82 Å². The van der Waals surface area contributed by atoms with E-state index in [0.717, 1.165) is 10.0 Å². The molecule has 2 aromatic carbocycles. The van der Waals surface area contributed by atoms with E-state index in [1.807, 2.05) is 24.3 Å². The Kier molecular flexibility index (Phi) is 4.65. The topological polar surface area (TPSA) is 9.23 Å². The summed E-state index contributed by atoms with van der Waals surface area (Å²) < 4.78 is 20.5. The number of ether oxygens (including phenoxy) is 1. The number of rotatable bonds is 3. The van der Waals surface area contributed by atoms with E-state index in [1.165, 1.54) is 12.1 Å². The molecule has 0 aliphatic heterocycles. The first-order valence-electron chi connectivity index (χ1n) is 5.08. The van der Waals surface area contributed by atoms with Crippen molar-refractivity contribution in [2.75, 3.05) is 0 Å². The van der Waals surface area contributed by atoms with Crippen LogP contribution in [0.3, 0.4) is 0 Å². The van der Waals surface area contributed by atoms with Crippen molar-refractivity contribution in [3.05, 3.63) is 61.7 Å². The summed E-state index contributed by atoms with van der Waals surface area (Å²) in [5.41, 5.74) is 0.986. The molecule has 0 aliphatic carbocycles. The van der Waals surface area contributed by atoms with Crippen LogP contribution >= 0.6 is 43.5 Å². The SMILES string of the molecule is Fc1cc(OCc2ccccc2Br)c(Br)cc1Cl. The summed E-state index contributed by atoms with van der Waals surface area (Å²) in [6.07, 6.45) is 0. The van der Waals surface area contributed by atoms with E-state index in [9.17, 15) is 4.39 Å². The molecule has 0 N–H and O–H groups in total. The third kappa shape index (κ3) is 3.25. The van der Waals surface area contributed by atoms with Crippen molar-refractivity contribution < 1.29 is 9.13 Å². The molecule has 0 amide bonds. The zero-order valence-corrected chi connectivity index (χ0v) is 13.0. The molecule has 0 aromatic heterocycles. The van der Waals surface area contributed by atoms with Gasteiger partial charge in [0.2, 0.25) is 0 Å². The average Bonchev–Trinajstić information content (AvgIpc) is 2.34. The second-order valence-electron chi connectivity index (χ2n) is 3.58. The van der Waals surface area contributed by atoms with Gasteiger partial charge in [0.25, 0.3) is 0 Å². The Morgan fingerprint density at radius 1 is 1.11 bits per heavy atom. The van der Waals surface area contributed by atoms with Gasteiger partial charge in [-0.2, -0.15) is 0 Å². The van der Waals surface area contributed by atoms with Gasteiger partial charge in [0, 0.05) is 16.1 Å². The molecule has 0 heterocycles. The summed E-state index contributed by atoms with van der Waals surface area (Å²) in [5, 5.41) is 0.0649. The molecule has 0 saturated heterocycles. The van der Waals surface area contributed by atoms with E-state index >= 15 is 0 Å². The molecule has 0 aliphatic rings. The van der Waals surface area contributed by atoms with Gasteiger partial charge < -0.3 is 4.74 Å². The molecular weight excluding hydrogens is 386 g/mol. The largest absolute Gasteiger partial charge is 0.488 e. The molecule has 0 bridgehead atoms. The fourth-order valence-corrected chi connectivity index (χ4v) is 2.54. The first-order valence-corrected chi connectivity index (χ1v) is 7.05. The third-order valence-electron chi connectivity index (χ3n) is 2.32. The van der Waals surface area contributed by atoms with Crippen LogP contribution in [-0.2, 0) is 6.61 Å². The highest BCUT2D eigenvalue weighted by atomic mass is 79.9. The molecule has 5 heteroatoms. The van der Waals surface area contributed by atoms with Gasteiger partial charge in [0.15, 0.2) is 0 Å². The fraction of sp³-hybridized carbons (Fsp3) is 0.0769. The molecule has 94 valence electrons. The van der Waals surface area contributed by atoms with Crippen LogP contribution < -0.4 is 4.74 Å². The van der Waals surface area contributed by atoms with Gasteiger partial charge in [-0.15, -0.1) is 0 Å². The van der Waals surface area contributed by atoms with E-state index in [2.05, 4.69) is 31.9 Å². The van der Waals surface area contributed by atoms with Gasteiger partial charge in [-0.25, -0.2) is 4.39 Å². The van der Waals surface area contributed by atoms with Crippen molar-refractivity contribution in [3.63, 3.8) is 0 Å². The molecule has 0 atom stereocenters. The molecule has 1 nitrogen and oxygen atoms in total. The Morgan fingerprint density at radius 2 is 1.83 bits per heavy atom. The minimum Gasteiger partial charge on any atom is -0.488 e. The van der Waals surface area contributed by atoms with E-state index in [1.54, 1.807) is 0 Å². The predicted octanol–water partition coefficient (Wildman–Crippen LogP) is 5.58. The van der Waals surface area contributed by atoms with Crippen LogP contribution in [0.1, 0.15) is 5.56 Å². The van der Waals surface area contributed by atoms with Gasteiger partial charge in [-0.3, -0.25) is 0 Å². The minimum atomic E-state index is -0.498. The van der Waals surface area contributed by atoms with Crippen molar-refractivity contribution in [1.82, 2.24) is 0 Å². The fourth-order valence-electron chi connectivity index (χ4n) is 1.39. The maximum atomic E-state index is 13.3. The summed E-state index contributed by atoms with van der Waals surface area (Å²) in [6, 6.07) is 10.4. The van der Waals surface area contributed by atoms with Gasteiger partial charge in [-0.05, 0) is 28.1 Å². The normalized spacial score (nSPS) is 10.4. The lowest BCUT2D eigenvalue weighted by atomic mass is 10.2. The number of benzene rings is 2. The first-order chi connectivity index (χ1) is 8.58. The first kappa shape index (κ1) is 13.8. The summed E-state index contributed by atoms with van der Waals surface area (Å²) >= 11 is 12.4. The van der Waals surface area contributed by atoms with E-state index in [-0.39, 0.29) is 5.02 Å². The Labute approximate surface area is 126 Å². The van der Waals surface area contributed by atoms with E-state index in [0.29, 0.717) is 16.8 Å². The maximum Gasteiger partial charge on any atom is 0.145 e. The highest BCUT2D eigenvalue weighted by molar-refractivity contribution is 9.10. The van der Waals surface area contributed by atoms with Gasteiger partial charge in [-0.1, -0.05) is 45.7 Å². The highest BCUT2D eigenvalue weighted by Crippen LogP contribution is 2.31. The lowest BCUT2D eigenvalue weighted by Gasteiger charge is -2.10. The number of hydrogen-bond donors (Lipinski definition) is 0. The van der Waals surface area contributed by atoms with Crippen LogP contribution in [0.2, 0.25) is 5.02 Å². The van der Waals surface area contributed by atoms with Gasteiger partial charge >= 0.3 is 0 Å². The second kappa shape index (κ2) is 6.04.